The molecule has 1 aromatic rings. The predicted molar refractivity (Wildman–Crippen MR) is 54.4 cm³/mol. The molecule has 2 unspecified atom stereocenters. The zero-order valence-corrected chi connectivity index (χ0v) is 8.47. The molecular formula is C10H15N3O2. The van der Waals surface area contributed by atoms with Crippen molar-refractivity contribution in [3.05, 3.63) is 18.7 Å². The fourth-order valence-corrected chi connectivity index (χ4v) is 1.94. The Morgan fingerprint density at radius 3 is 3.07 bits per heavy atom. The van der Waals surface area contributed by atoms with Gasteiger partial charge in [-0.15, -0.1) is 0 Å². The number of rotatable bonds is 2. The lowest BCUT2D eigenvalue weighted by Gasteiger charge is -2.10. The number of amides is 1. The van der Waals surface area contributed by atoms with Crippen molar-refractivity contribution in [2.24, 2.45) is 5.92 Å². The van der Waals surface area contributed by atoms with Gasteiger partial charge >= 0.3 is 6.03 Å². The van der Waals surface area contributed by atoms with Gasteiger partial charge in [-0.05, 0) is 25.2 Å². The smallest absolute Gasteiger partial charge is 0.326 e. The molecule has 0 bridgehead atoms. The predicted octanol–water partition coefficient (Wildman–Crippen LogP) is 0.602. The van der Waals surface area contributed by atoms with Crippen molar-refractivity contribution in [1.82, 2.24) is 14.9 Å². The third-order valence-corrected chi connectivity index (χ3v) is 2.79. The molecule has 1 aromatic heterocycles. The van der Waals surface area contributed by atoms with Crippen LogP contribution >= 0.6 is 0 Å². The molecule has 2 N–H and O–H groups in total. The average molecular weight is 209 g/mol. The van der Waals surface area contributed by atoms with Crippen LogP contribution in [0.25, 0.3) is 0 Å². The standard InChI is InChI=1S/C10H15N3O2/c14-9-2-1-8(5-9)6-12-10(15)13-4-3-11-7-13/h3-4,7-9,14H,1-2,5-6H2,(H,12,15). The van der Waals surface area contributed by atoms with Crippen LogP contribution in [-0.2, 0) is 0 Å². The second kappa shape index (κ2) is 4.44. The summed E-state index contributed by atoms with van der Waals surface area (Å²) >= 11 is 0. The molecule has 1 fully saturated rings. The van der Waals surface area contributed by atoms with Gasteiger partial charge in [0, 0.05) is 18.9 Å². The van der Waals surface area contributed by atoms with Gasteiger partial charge in [0.15, 0.2) is 0 Å². The van der Waals surface area contributed by atoms with Gasteiger partial charge in [-0.1, -0.05) is 0 Å². The Morgan fingerprint density at radius 1 is 1.60 bits per heavy atom. The lowest BCUT2D eigenvalue weighted by atomic mass is 10.1. The minimum atomic E-state index is -0.180. The Balaban J connectivity index is 1.76. The maximum Gasteiger partial charge on any atom is 0.326 e. The third kappa shape index (κ3) is 2.56. The molecule has 1 amide bonds. The summed E-state index contributed by atoms with van der Waals surface area (Å²) in [5.41, 5.74) is 0. The molecule has 0 aliphatic heterocycles. The van der Waals surface area contributed by atoms with Crippen LogP contribution in [0.5, 0.6) is 0 Å². The number of carbonyl (C=O) groups is 1. The minimum Gasteiger partial charge on any atom is -0.393 e. The first-order chi connectivity index (χ1) is 7.25. The number of carbonyl (C=O) groups excluding carboxylic acids is 1. The van der Waals surface area contributed by atoms with Crippen LogP contribution in [-0.4, -0.2) is 33.3 Å². The Morgan fingerprint density at radius 2 is 2.47 bits per heavy atom. The van der Waals surface area contributed by atoms with Gasteiger partial charge in [0.1, 0.15) is 6.33 Å². The van der Waals surface area contributed by atoms with Crippen molar-refractivity contribution in [1.29, 1.82) is 0 Å². The zero-order chi connectivity index (χ0) is 10.7. The highest BCUT2D eigenvalue weighted by Gasteiger charge is 2.22. The lowest BCUT2D eigenvalue weighted by molar-refractivity contribution is 0.177. The topological polar surface area (TPSA) is 67.2 Å². The summed E-state index contributed by atoms with van der Waals surface area (Å²) in [4.78, 5) is 15.3. The van der Waals surface area contributed by atoms with Crippen LogP contribution in [0.15, 0.2) is 18.7 Å². The maximum atomic E-state index is 11.5. The number of aromatic nitrogens is 2. The molecule has 1 heterocycles. The SMILES string of the molecule is O=C(NCC1CCC(O)C1)n1ccnc1. The number of nitrogens with zero attached hydrogens (tertiary/aromatic N) is 2. The van der Waals surface area contributed by atoms with E-state index in [9.17, 15) is 9.90 Å². The van der Waals surface area contributed by atoms with E-state index >= 15 is 0 Å². The Bertz CT molecular complexity index is 323. The van der Waals surface area contributed by atoms with Crippen LogP contribution < -0.4 is 5.32 Å². The van der Waals surface area contributed by atoms with Crippen molar-refractivity contribution < 1.29 is 9.90 Å². The van der Waals surface area contributed by atoms with Crippen LogP contribution in [0.2, 0.25) is 0 Å². The van der Waals surface area contributed by atoms with Crippen molar-refractivity contribution in [2.45, 2.75) is 25.4 Å². The fourth-order valence-electron chi connectivity index (χ4n) is 1.94. The van der Waals surface area contributed by atoms with Crippen LogP contribution in [0.3, 0.4) is 0 Å². The second-order valence-corrected chi connectivity index (χ2v) is 3.99. The van der Waals surface area contributed by atoms with E-state index in [0.717, 1.165) is 19.3 Å². The van der Waals surface area contributed by atoms with E-state index in [-0.39, 0.29) is 12.1 Å². The molecule has 2 atom stereocenters. The number of aliphatic hydroxyl groups is 1. The molecule has 1 aliphatic carbocycles. The summed E-state index contributed by atoms with van der Waals surface area (Å²) in [6, 6.07) is -0.158. The number of hydrogen-bond donors (Lipinski definition) is 2. The lowest BCUT2D eigenvalue weighted by Crippen LogP contribution is -2.31. The first kappa shape index (κ1) is 10.2. The highest BCUT2D eigenvalue weighted by molar-refractivity contribution is 5.76. The Labute approximate surface area is 88.1 Å². The molecule has 5 nitrogen and oxygen atoms in total. The van der Waals surface area contributed by atoms with Crippen LogP contribution in [0.4, 0.5) is 4.79 Å². The summed E-state index contributed by atoms with van der Waals surface area (Å²) in [5, 5.41) is 12.1. The quantitative estimate of drug-likeness (QED) is 0.749. The molecule has 0 radical (unpaired) electrons. The number of imidazole rings is 1. The Kier molecular flexibility index (Phi) is 3.01. The van der Waals surface area contributed by atoms with Gasteiger partial charge in [0.25, 0.3) is 0 Å². The van der Waals surface area contributed by atoms with Crippen molar-refractivity contribution in [3.63, 3.8) is 0 Å². The molecular weight excluding hydrogens is 194 g/mol. The van der Waals surface area contributed by atoms with Gasteiger partial charge in [-0.3, -0.25) is 4.57 Å². The summed E-state index contributed by atoms with van der Waals surface area (Å²) in [6.45, 7) is 0.633. The molecule has 0 saturated heterocycles. The summed E-state index contributed by atoms with van der Waals surface area (Å²) in [7, 11) is 0. The monoisotopic (exact) mass is 209 g/mol. The molecule has 0 spiro atoms. The summed E-state index contributed by atoms with van der Waals surface area (Å²) in [5.74, 6) is 0.410. The van der Waals surface area contributed by atoms with E-state index in [1.54, 1.807) is 12.4 Å². The molecule has 1 saturated carbocycles. The minimum absolute atomic E-state index is 0.158. The summed E-state index contributed by atoms with van der Waals surface area (Å²) < 4.78 is 1.41. The first-order valence-electron chi connectivity index (χ1n) is 5.20. The number of hydrogen-bond acceptors (Lipinski definition) is 3. The highest BCUT2D eigenvalue weighted by Crippen LogP contribution is 2.24. The van der Waals surface area contributed by atoms with Gasteiger partial charge in [-0.25, -0.2) is 9.78 Å². The molecule has 15 heavy (non-hydrogen) atoms. The molecule has 0 aromatic carbocycles. The van der Waals surface area contributed by atoms with E-state index in [2.05, 4.69) is 10.3 Å². The summed E-state index contributed by atoms with van der Waals surface area (Å²) in [6.07, 6.45) is 7.11. The largest absolute Gasteiger partial charge is 0.393 e. The Hall–Kier alpha value is -1.36. The second-order valence-electron chi connectivity index (χ2n) is 3.99. The normalized spacial score (nSPS) is 25.4. The van der Waals surface area contributed by atoms with Crippen molar-refractivity contribution >= 4 is 6.03 Å². The van der Waals surface area contributed by atoms with E-state index in [1.807, 2.05) is 0 Å². The van der Waals surface area contributed by atoms with E-state index in [1.165, 1.54) is 10.9 Å². The van der Waals surface area contributed by atoms with Crippen molar-refractivity contribution in [3.8, 4) is 0 Å². The average Bonchev–Trinajstić information content (AvgIpc) is 2.84. The highest BCUT2D eigenvalue weighted by atomic mass is 16.3. The number of aliphatic hydroxyl groups excluding tert-OH is 1. The van der Waals surface area contributed by atoms with Gasteiger partial charge in [-0.2, -0.15) is 0 Å². The van der Waals surface area contributed by atoms with Gasteiger partial charge in [0.2, 0.25) is 0 Å². The maximum absolute atomic E-state index is 11.5. The molecule has 5 heteroatoms. The first-order valence-corrected chi connectivity index (χ1v) is 5.20. The van der Waals surface area contributed by atoms with E-state index in [4.69, 9.17) is 0 Å². The van der Waals surface area contributed by atoms with Crippen molar-refractivity contribution in [2.75, 3.05) is 6.54 Å². The molecule has 2 rings (SSSR count). The zero-order valence-electron chi connectivity index (χ0n) is 8.47. The molecule has 1 aliphatic rings. The third-order valence-electron chi connectivity index (χ3n) is 2.79. The van der Waals surface area contributed by atoms with E-state index < -0.39 is 0 Å². The number of nitrogens with one attached hydrogen (secondary N) is 1. The fraction of sp³-hybridized carbons (Fsp3) is 0.600. The molecule has 82 valence electrons. The van der Waals surface area contributed by atoms with E-state index in [0.29, 0.717) is 12.5 Å². The van der Waals surface area contributed by atoms with Gasteiger partial charge < -0.3 is 10.4 Å². The van der Waals surface area contributed by atoms with Crippen LogP contribution in [0, 0.1) is 5.92 Å². The van der Waals surface area contributed by atoms with Gasteiger partial charge in [0.05, 0.1) is 6.10 Å². The van der Waals surface area contributed by atoms with Crippen LogP contribution in [0.1, 0.15) is 19.3 Å².